The van der Waals surface area contributed by atoms with Crippen molar-refractivity contribution in [2.75, 3.05) is 23.8 Å². The van der Waals surface area contributed by atoms with E-state index in [1.165, 1.54) is 23.5 Å². The highest BCUT2D eigenvalue weighted by molar-refractivity contribution is 7.14. The van der Waals surface area contributed by atoms with Crippen molar-refractivity contribution in [3.05, 3.63) is 53.4 Å². The Morgan fingerprint density at radius 2 is 1.83 bits per heavy atom. The minimum atomic E-state index is -4.48. The molecule has 1 aromatic heterocycles. The predicted molar refractivity (Wildman–Crippen MR) is 103 cm³/mol. The summed E-state index contributed by atoms with van der Waals surface area (Å²) in [7, 11) is 0. The number of aromatic nitrogens is 1. The van der Waals surface area contributed by atoms with Crippen molar-refractivity contribution in [3.8, 4) is 22.8 Å². The van der Waals surface area contributed by atoms with E-state index in [4.69, 9.17) is 9.47 Å². The van der Waals surface area contributed by atoms with Gasteiger partial charge in [0, 0.05) is 16.6 Å². The molecule has 0 bridgehead atoms. The van der Waals surface area contributed by atoms with E-state index in [2.05, 4.69) is 15.6 Å². The van der Waals surface area contributed by atoms with Crippen LogP contribution >= 0.6 is 11.3 Å². The van der Waals surface area contributed by atoms with Crippen molar-refractivity contribution in [2.45, 2.75) is 6.18 Å². The van der Waals surface area contributed by atoms with Gasteiger partial charge in [-0.05, 0) is 36.4 Å². The second kappa shape index (κ2) is 7.63. The van der Waals surface area contributed by atoms with E-state index < -0.39 is 17.8 Å². The fourth-order valence-electron chi connectivity index (χ4n) is 2.70. The van der Waals surface area contributed by atoms with Crippen molar-refractivity contribution in [1.82, 2.24) is 4.98 Å². The average molecular weight is 421 g/mol. The van der Waals surface area contributed by atoms with E-state index in [1.807, 2.05) is 6.07 Å². The topological polar surface area (TPSA) is 72.5 Å². The summed E-state index contributed by atoms with van der Waals surface area (Å²) < 4.78 is 49.3. The molecular weight excluding hydrogens is 407 g/mol. The van der Waals surface area contributed by atoms with Gasteiger partial charge in [0.2, 0.25) is 0 Å². The number of benzene rings is 2. The number of hydrogen-bond donors (Lipinski definition) is 2. The third kappa shape index (κ3) is 4.43. The number of nitrogens with zero attached hydrogens (tertiary/aromatic N) is 1. The van der Waals surface area contributed by atoms with Crippen LogP contribution in [0.25, 0.3) is 11.3 Å². The van der Waals surface area contributed by atoms with E-state index in [-0.39, 0.29) is 5.69 Å². The van der Waals surface area contributed by atoms with Crippen molar-refractivity contribution in [1.29, 1.82) is 0 Å². The first kappa shape index (κ1) is 19.1. The third-order valence-corrected chi connectivity index (χ3v) is 4.77. The number of fused-ring (bicyclic) bond motifs is 1. The summed E-state index contributed by atoms with van der Waals surface area (Å²) in [6.45, 7) is 0.966. The van der Waals surface area contributed by atoms with Crippen LogP contribution in [0.15, 0.2) is 47.8 Å². The Balaban J connectivity index is 1.43. The Hall–Kier alpha value is -3.27. The maximum Gasteiger partial charge on any atom is 0.416 e. The van der Waals surface area contributed by atoms with Gasteiger partial charge in [0.05, 0.1) is 11.3 Å². The smallest absolute Gasteiger partial charge is 0.416 e. The fraction of sp³-hybridized carbons (Fsp3) is 0.158. The van der Waals surface area contributed by atoms with Gasteiger partial charge >= 0.3 is 12.2 Å². The second-order valence-electron chi connectivity index (χ2n) is 6.05. The Kier molecular flexibility index (Phi) is 5.01. The summed E-state index contributed by atoms with van der Waals surface area (Å²) in [6.07, 6.45) is -4.48. The maximum atomic E-state index is 12.8. The largest absolute Gasteiger partial charge is 0.486 e. The number of carbonyl (C=O) groups is 1. The average Bonchev–Trinajstić information content (AvgIpc) is 3.15. The van der Waals surface area contributed by atoms with Crippen molar-refractivity contribution in [2.24, 2.45) is 0 Å². The van der Waals surface area contributed by atoms with Crippen LogP contribution in [-0.2, 0) is 6.18 Å². The van der Waals surface area contributed by atoms with E-state index >= 15 is 0 Å². The monoisotopic (exact) mass is 421 g/mol. The number of urea groups is 1. The molecule has 4 rings (SSSR count). The number of halogens is 3. The van der Waals surface area contributed by atoms with E-state index in [0.717, 1.165) is 17.7 Å². The first-order chi connectivity index (χ1) is 13.9. The zero-order valence-electron chi connectivity index (χ0n) is 14.7. The molecule has 0 radical (unpaired) electrons. The molecule has 150 valence electrons. The number of nitrogens with one attached hydrogen (secondary N) is 2. The molecule has 0 aliphatic carbocycles. The molecule has 10 heteroatoms. The van der Waals surface area contributed by atoms with E-state index in [9.17, 15) is 18.0 Å². The highest BCUT2D eigenvalue weighted by Gasteiger charge is 2.30. The van der Waals surface area contributed by atoms with Crippen LogP contribution in [0.3, 0.4) is 0 Å². The molecule has 0 saturated carbocycles. The van der Waals surface area contributed by atoms with Crippen LogP contribution < -0.4 is 20.1 Å². The van der Waals surface area contributed by atoms with E-state index in [0.29, 0.717) is 35.5 Å². The predicted octanol–water partition coefficient (Wildman–Crippen LogP) is 5.24. The molecule has 1 aliphatic heterocycles. The molecule has 1 aliphatic rings. The molecule has 2 amide bonds. The molecule has 0 saturated heterocycles. The first-order valence-electron chi connectivity index (χ1n) is 8.49. The van der Waals surface area contributed by atoms with Crippen molar-refractivity contribution in [3.63, 3.8) is 0 Å². The second-order valence-corrected chi connectivity index (χ2v) is 6.91. The van der Waals surface area contributed by atoms with Gasteiger partial charge < -0.3 is 14.8 Å². The Morgan fingerprint density at radius 3 is 2.62 bits per heavy atom. The molecule has 2 heterocycles. The highest BCUT2D eigenvalue weighted by Crippen LogP contribution is 2.35. The molecule has 0 atom stereocenters. The lowest BCUT2D eigenvalue weighted by Crippen LogP contribution is -2.19. The summed E-state index contributed by atoms with van der Waals surface area (Å²) in [5.74, 6) is 1.28. The molecule has 0 fully saturated rings. The van der Waals surface area contributed by atoms with Gasteiger partial charge in [0.1, 0.15) is 13.2 Å². The van der Waals surface area contributed by atoms with Gasteiger partial charge in [0.25, 0.3) is 0 Å². The van der Waals surface area contributed by atoms with Crippen LogP contribution in [0.1, 0.15) is 5.56 Å². The minimum Gasteiger partial charge on any atom is -0.486 e. The maximum absolute atomic E-state index is 12.8. The van der Waals surface area contributed by atoms with Gasteiger partial charge in [-0.25, -0.2) is 9.78 Å². The van der Waals surface area contributed by atoms with Crippen molar-refractivity contribution < 1.29 is 27.4 Å². The summed E-state index contributed by atoms with van der Waals surface area (Å²) in [4.78, 5) is 16.4. The number of anilines is 2. The minimum absolute atomic E-state index is 0.0286. The highest BCUT2D eigenvalue weighted by atomic mass is 32.1. The van der Waals surface area contributed by atoms with Gasteiger partial charge in [-0.2, -0.15) is 13.2 Å². The lowest BCUT2D eigenvalue weighted by molar-refractivity contribution is -0.137. The fourth-order valence-corrected chi connectivity index (χ4v) is 3.41. The SMILES string of the molecule is O=C(Nc1cccc(C(F)(F)F)c1)Nc1nc(-c2ccc3c(c2)OCCO3)cs1. The van der Waals surface area contributed by atoms with Gasteiger partial charge in [-0.1, -0.05) is 6.07 Å². The molecule has 0 unspecified atom stereocenters. The van der Waals surface area contributed by atoms with Gasteiger partial charge in [0.15, 0.2) is 16.6 Å². The molecule has 3 aromatic rings. The van der Waals surface area contributed by atoms with Crippen LogP contribution in [-0.4, -0.2) is 24.2 Å². The molecule has 0 spiro atoms. The van der Waals surface area contributed by atoms with Crippen molar-refractivity contribution >= 4 is 28.2 Å². The number of thiazole rings is 1. The number of alkyl halides is 3. The lowest BCUT2D eigenvalue weighted by Gasteiger charge is -2.18. The number of hydrogen-bond acceptors (Lipinski definition) is 5. The van der Waals surface area contributed by atoms with Crippen LogP contribution in [0.4, 0.5) is 28.8 Å². The van der Waals surface area contributed by atoms with Gasteiger partial charge in [-0.15, -0.1) is 11.3 Å². The Bertz CT molecular complexity index is 1050. The summed E-state index contributed by atoms with van der Waals surface area (Å²) >= 11 is 1.19. The first-order valence-corrected chi connectivity index (χ1v) is 9.37. The normalized spacial score (nSPS) is 13.1. The Morgan fingerprint density at radius 1 is 1.03 bits per heavy atom. The Labute approximate surface area is 167 Å². The van der Waals surface area contributed by atoms with Crippen LogP contribution in [0.2, 0.25) is 0 Å². The number of rotatable bonds is 3. The van der Waals surface area contributed by atoms with Gasteiger partial charge in [-0.3, -0.25) is 5.32 Å². The molecule has 2 N–H and O–H groups in total. The number of ether oxygens (including phenoxy) is 2. The summed E-state index contributed by atoms with van der Waals surface area (Å²) in [5, 5.41) is 6.95. The summed E-state index contributed by atoms with van der Waals surface area (Å²) in [5.41, 5.74) is 0.601. The molecular formula is C19H14F3N3O3S. The lowest BCUT2D eigenvalue weighted by atomic mass is 10.1. The molecule has 29 heavy (non-hydrogen) atoms. The van der Waals surface area contributed by atoms with Crippen LogP contribution in [0.5, 0.6) is 11.5 Å². The zero-order valence-corrected chi connectivity index (χ0v) is 15.6. The van der Waals surface area contributed by atoms with Crippen LogP contribution in [0, 0.1) is 0 Å². The van der Waals surface area contributed by atoms with E-state index in [1.54, 1.807) is 17.5 Å². The third-order valence-electron chi connectivity index (χ3n) is 4.01. The zero-order chi connectivity index (χ0) is 20.4. The molecule has 2 aromatic carbocycles. The number of carbonyl (C=O) groups excluding carboxylic acids is 1. The number of amides is 2. The molecule has 6 nitrogen and oxygen atoms in total. The quantitative estimate of drug-likeness (QED) is 0.606. The standard InChI is InChI=1S/C19H14F3N3O3S/c20-19(21,22)12-2-1-3-13(9-12)23-17(26)25-18-24-14(10-29-18)11-4-5-15-16(8-11)28-7-6-27-15/h1-5,8-10H,6-7H2,(H2,23,24,25,26). The summed E-state index contributed by atoms with van der Waals surface area (Å²) in [6, 6.07) is 9.12.